The van der Waals surface area contributed by atoms with Crippen LogP contribution in [0, 0.1) is 0 Å². The van der Waals surface area contributed by atoms with Gasteiger partial charge in [-0.1, -0.05) is 18.2 Å². The van der Waals surface area contributed by atoms with E-state index in [4.69, 9.17) is 10.2 Å². The van der Waals surface area contributed by atoms with Crippen molar-refractivity contribution in [3.8, 4) is 0 Å². The molecule has 0 fully saturated rings. The summed E-state index contributed by atoms with van der Waals surface area (Å²) in [6.07, 6.45) is 0.0172. The molecule has 0 heterocycles. The number of carboxylic acids is 1. The minimum absolute atomic E-state index is 0.0172. The molecular formula is C13H17NO4. The van der Waals surface area contributed by atoms with Gasteiger partial charge in [0.25, 0.3) is 0 Å². The Kier molecular flexibility index (Phi) is 4.85. The second-order valence-corrected chi connectivity index (χ2v) is 4.18. The van der Waals surface area contributed by atoms with E-state index in [1.54, 1.807) is 32.2 Å². The zero-order valence-corrected chi connectivity index (χ0v) is 10.5. The molecule has 0 aliphatic rings. The Morgan fingerprint density at radius 2 is 1.94 bits per heavy atom. The summed E-state index contributed by atoms with van der Waals surface area (Å²) in [5, 5.41) is 18.0. The molecule has 0 saturated heterocycles. The summed E-state index contributed by atoms with van der Waals surface area (Å²) in [5.74, 6) is -1.26. The molecule has 18 heavy (non-hydrogen) atoms. The lowest BCUT2D eigenvalue weighted by atomic mass is 10.0. The Morgan fingerprint density at radius 3 is 2.50 bits per heavy atom. The third kappa shape index (κ3) is 3.30. The molecule has 0 aromatic heterocycles. The van der Waals surface area contributed by atoms with E-state index in [2.05, 4.69) is 0 Å². The van der Waals surface area contributed by atoms with Gasteiger partial charge < -0.3 is 15.1 Å². The van der Waals surface area contributed by atoms with Crippen molar-refractivity contribution in [2.24, 2.45) is 0 Å². The van der Waals surface area contributed by atoms with Crippen LogP contribution in [0.5, 0.6) is 0 Å². The van der Waals surface area contributed by atoms with Crippen LogP contribution in [0.25, 0.3) is 0 Å². The number of carboxylic acid groups (broad SMARTS) is 1. The number of likely N-dealkylation sites (N-methyl/N-ethyl adjacent to an activating group) is 1. The highest BCUT2D eigenvalue weighted by Crippen LogP contribution is 2.11. The monoisotopic (exact) mass is 251 g/mol. The van der Waals surface area contributed by atoms with Crippen LogP contribution in [-0.4, -0.2) is 46.7 Å². The molecule has 0 saturated carbocycles. The molecule has 1 aromatic carbocycles. The van der Waals surface area contributed by atoms with Crippen LogP contribution in [0.4, 0.5) is 0 Å². The summed E-state index contributed by atoms with van der Waals surface area (Å²) in [6.45, 7) is 1.60. The van der Waals surface area contributed by atoms with E-state index in [-0.39, 0.29) is 30.5 Å². The first-order valence-electron chi connectivity index (χ1n) is 5.65. The number of carbonyl (C=O) groups is 2. The van der Waals surface area contributed by atoms with E-state index >= 15 is 0 Å². The van der Waals surface area contributed by atoms with E-state index in [0.717, 1.165) is 0 Å². The standard InChI is InChI=1S/C13H17NO4/c1-9(8-15)14(2)12(16)7-10-5-3-4-6-11(10)13(17)18/h3-6,9,15H,7-8H2,1-2H3,(H,17,18). The van der Waals surface area contributed by atoms with Crippen molar-refractivity contribution in [2.75, 3.05) is 13.7 Å². The second kappa shape index (κ2) is 6.16. The molecule has 1 atom stereocenters. The van der Waals surface area contributed by atoms with Crippen molar-refractivity contribution in [1.29, 1.82) is 0 Å². The zero-order valence-electron chi connectivity index (χ0n) is 10.5. The van der Waals surface area contributed by atoms with Gasteiger partial charge in [0.05, 0.1) is 24.6 Å². The van der Waals surface area contributed by atoms with Crippen molar-refractivity contribution in [3.05, 3.63) is 35.4 Å². The first-order valence-corrected chi connectivity index (χ1v) is 5.65. The van der Waals surface area contributed by atoms with Crippen LogP contribution in [0.15, 0.2) is 24.3 Å². The number of rotatable bonds is 5. The fraction of sp³-hybridized carbons (Fsp3) is 0.385. The molecule has 98 valence electrons. The van der Waals surface area contributed by atoms with E-state index in [9.17, 15) is 9.59 Å². The van der Waals surface area contributed by atoms with Gasteiger partial charge in [-0.25, -0.2) is 4.79 Å². The molecule has 0 spiro atoms. The Hall–Kier alpha value is -1.88. The smallest absolute Gasteiger partial charge is 0.335 e. The van der Waals surface area contributed by atoms with Gasteiger partial charge in [0.15, 0.2) is 0 Å². The molecule has 5 heteroatoms. The average Bonchev–Trinajstić information content (AvgIpc) is 2.37. The first kappa shape index (κ1) is 14.2. The van der Waals surface area contributed by atoms with Gasteiger partial charge in [-0.2, -0.15) is 0 Å². The van der Waals surface area contributed by atoms with Crippen LogP contribution >= 0.6 is 0 Å². The summed E-state index contributed by atoms with van der Waals surface area (Å²) in [6, 6.07) is 6.14. The number of hydrogen-bond donors (Lipinski definition) is 2. The number of benzene rings is 1. The Labute approximate surface area is 106 Å². The lowest BCUT2D eigenvalue weighted by molar-refractivity contribution is -0.131. The van der Waals surface area contributed by atoms with Crippen LogP contribution in [0.1, 0.15) is 22.8 Å². The molecular weight excluding hydrogens is 234 g/mol. The molecule has 5 nitrogen and oxygen atoms in total. The molecule has 1 unspecified atom stereocenters. The largest absolute Gasteiger partial charge is 0.478 e. The minimum atomic E-state index is -1.05. The normalized spacial score (nSPS) is 11.9. The molecule has 0 aliphatic carbocycles. The number of carbonyl (C=O) groups excluding carboxylic acids is 1. The number of nitrogens with zero attached hydrogens (tertiary/aromatic N) is 1. The topological polar surface area (TPSA) is 77.8 Å². The number of amides is 1. The highest BCUT2D eigenvalue weighted by molar-refractivity contribution is 5.91. The fourth-order valence-electron chi connectivity index (χ4n) is 1.54. The third-order valence-corrected chi connectivity index (χ3v) is 2.91. The van der Waals surface area contributed by atoms with E-state index in [0.29, 0.717) is 5.56 Å². The van der Waals surface area contributed by atoms with E-state index < -0.39 is 5.97 Å². The predicted molar refractivity (Wildman–Crippen MR) is 66.4 cm³/mol. The van der Waals surface area contributed by atoms with Crippen LogP contribution in [0.2, 0.25) is 0 Å². The summed E-state index contributed by atoms with van der Waals surface area (Å²) >= 11 is 0. The lowest BCUT2D eigenvalue weighted by Gasteiger charge is -2.23. The van der Waals surface area contributed by atoms with Gasteiger partial charge in [-0.3, -0.25) is 4.79 Å². The second-order valence-electron chi connectivity index (χ2n) is 4.18. The third-order valence-electron chi connectivity index (χ3n) is 2.91. The maximum Gasteiger partial charge on any atom is 0.335 e. The summed E-state index contributed by atoms with van der Waals surface area (Å²) in [4.78, 5) is 24.3. The van der Waals surface area contributed by atoms with Gasteiger partial charge >= 0.3 is 5.97 Å². The maximum atomic E-state index is 11.9. The molecule has 1 aromatic rings. The average molecular weight is 251 g/mol. The van der Waals surface area contributed by atoms with Gasteiger partial charge in [-0.15, -0.1) is 0 Å². The number of hydrogen-bond acceptors (Lipinski definition) is 3. The molecule has 1 rings (SSSR count). The number of aliphatic hydroxyl groups excluding tert-OH is 1. The quantitative estimate of drug-likeness (QED) is 0.810. The van der Waals surface area contributed by atoms with E-state index in [1.165, 1.54) is 11.0 Å². The molecule has 0 aliphatic heterocycles. The Balaban J connectivity index is 2.85. The first-order chi connectivity index (χ1) is 8.47. The summed E-state index contributed by atoms with van der Waals surface area (Å²) in [7, 11) is 1.59. The summed E-state index contributed by atoms with van der Waals surface area (Å²) in [5.41, 5.74) is 0.614. The van der Waals surface area contributed by atoms with Crippen LogP contribution in [0.3, 0.4) is 0 Å². The van der Waals surface area contributed by atoms with Crippen LogP contribution in [-0.2, 0) is 11.2 Å². The predicted octanol–water partition coefficient (Wildman–Crippen LogP) is 0.766. The minimum Gasteiger partial charge on any atom is -0.478 e. The number of aliphatic hydroxyl groups is 1. The highest BCUT2D eigenvalue weighted by atomic mass is 16.4. The lowest BCUT2D eigenvalue weighted by Crippen LogP contribution is -2.38. The number of aromatic carboxylic acids is 1. The van der Waals surface area contributed by atoms with Crippen molar-refractivity contribution >= 4 is 11.9 Å². The SMILES string of the molecule is CC(CO)N(C)C(=O)Cc1ccccc1C(=O)O. The molecule has 2 N–H and O–H groups in total. The van der Waals surface area contributed by atoms with Crippen molar-refractivity contribution in [1.82, 2.24) is 4.90 Å². The summed E-state index contributed by atoms with van der Waals surface area (Å²) < 4.78 is 0. The Morgan fingerprint density at radius 1 is 1.33 bits per heavy atom. The molecule has 1 amide bonds. The zero-order chi connectivity index (χ0) is 13.7. The molecule has 0 bridgehead atoms. The van der Waals surface area contributed by atoms with Crippen molar-refractivity contribution in [3.63, 3.8) is 0 Å². The van der Waals surface area contributed by atoms with Gasteiger partial charge in [0, 0.05) is 7.05 Å². The molecule has 0 radical (unpaired) electrons. The maximum absolute atomic E-state index is 11.9. The van der Waals surface area contributed by atoms with Gasteiger partial charge in [0.1, 0.15) is 0 Å². The van der Waals surface area contributed by atoms with Crippen molar-refractivity contribution in [2.45, 2.75) is 19.4 Å². The van der Waals surface area contributed by atoms with Crippen molar-refractivity contribution < 1.29 is 19.8 Å². The van der Waals surface area contributed by atoms with Gasteiger partial charge in [0.2, 0.25) is 5.91 Å². The van der Waals surface area contributed by atoms with Crippen LogP contribution < -0.4 is 0 Å². The fourth-order valence-corrected chi connectivity index (χ4v) is 1.54. The Bertz CT molecular complexity index is 444. The van der Waals surface area contributed by atoms with Gasteiger partial charge in [-0.05, 0) is 18.6 Å². The highest BCUT2D eigenvalue weighted by Gasteiger charge is 2.18. The van der Waals surface area contributed by atoms with E-state index in [1.807, 2.05) is 0 Å².